The summed E-state index contributed by atoms with van der Waals surface area (Å²) in [7, 11) is 1.53. The summed E-state index contributed by atoms with van der Waals surface area (Å²) in [6.45, 7) is 15.6. The van der Waals surface area contributed by atoms with Crippen molar-refractivity contribution >= 4 is 70.6 Å². The Morgan fingerprint density at radius 3 is 1.41 bits per heavy atom. The Bertz CT molecular complexity index is 2460. The largest absolute Gasteiger partial charge is 1.00 e. The van der Waals surface area contributed by atoms with Crippen molar-refractivity contribution < 1.29 is 105 Å². The molecular formula is C51H64KN5O11. The minimum absolute atomic E-state index is 0. The molecule has 0 bridgehead atoms. The molecule has 2 saturated carbocycles. The van der Waals surface area contributed by atoms with Crippen LogP contribution in [-0.2, 0) is 38.2 Å². The van der Waals surface area contributed by atoms with Gasteiger partial charge < -0.3 is 39.9 Å². The fourth-order valence-electron chi connectivity index (χ4n) is 7.58. The molecule has 2 fully saturated rings. The number of nitrogens with zero attached hydrogens (tertiary/aromatic N) is 3. The first-order valence-electron chi connectivity index (χ1n) is 22.2. The minimum Gasteiger partial charge on any atom is -0.870 e. The summed E-state index contributed by atoms with van der Waals surface area (Å²) < 4.78 is 21.5. The Morgan fingerprint density at radius 1 is 0.662 bits per heavy atom. The molecule has 2 aliphatic carbocycles. The number of amides is 2. The fourth-order valence-corrected chi connectivity index (χ4v) is 7.58. The maximum atomic E-state index is 12.1. The zero-order chi connectivity index (χ0) is 48.1. The molecule has 2 aromatic heterocycles. The first-order chi connectivity index (χ1) is 31.2. The number of carbonyl (C=O) groups is 5. The van der Waals surface area contributed by atoms with Gasteiger partial charge in [-0.2, -0.15) is 0 Å². The molecule has 2 atom stereocenters. The van der Waals surface area contributed by atoms with E-state index < -0.39 is 34.6 Å². The molecule has 6 rings (SSSR count). The number of hydrogen-bond acceptors (Lipinski definition) is 14. The third-order valence-electron chi connectivity index (χ3n) is 11.1. The van der Waals surface area contributed by atoms with E-state index in [1.165, 1.54) is 7.11 Å². The Balaban J connectivity index is 0.000000351. The topological polar surface area (TPSA) is 224 Å². The molecule has 3 N–H and O–H groups in total. The molecule has 0 unspecified atom stereocenters. The van der Waals surface area contributed by atoms with Gasteiger partial charge in [-0.15, -0.1) is 0 Å². The maximum absolute atomic E-state index is 12.1. The molecule has 16 nitrogen and oxygen atoms in total. The SMILES string of the molecule is CON=C1CCC(/C=C/c2ccc3ccc([C@@H](C)NC(=O)OC(C)(C)C)nc3c2)(OC=O)CC1.C[C@@H](NC(=O)OC(C)(C)C)c1ccc2ccc(/C=C/C3(OC=O)CCC(=O)CC3)cc2n1.[K+].[OH-]. The van der Waals surface area contributed by atoms with Gasteiger partial charge in [-0.3, -0.25) is 24.4 Å². The zero-order valence-electron chi connectivity index (χ0n) is 40.9. The second-order valence-electron chi connectivity index (χ2n) is 18.7. The molecule has 2 aromatic carbocycles. The predicted octanol–water partition coefficient (Wildman–Crippen LogP) is 7.04. The van der Waals surface area contributed by atoms with Gasteiger partial charge >= 0.3 is 63.6 Å². The monoisotopic (exact) mass is 961 g/mol. The van der Waals surface area contributed by atoms with E-state index in [1.807, 2.05) is 140 Å². The number of ketones is 1. The van der Waals surface area contributed by atoms with Crippen LogP contribution < -0.4 is 62.0 Å². The van der Waals surface area contributed by atoms with Crippen molar-refractivity contribution in [1.82, 2.24) is 20.6 Å². The summed E-state index contributed by atoms with van der Waals surface area (Å²) in [5, 5.41) is 11.6. The maximum Gasteiger partial charge on any atom is 1.00 e. The number of ether oxygens (including phenoxy) is 4. The van der Waals surface area contributed by atoms with E-state index >= 15 is 0 Å². The summed E-state index contributed by atoms with van der Waals surface area (Å²) >= 11 is 0. The number of aromatic nitrogens is 2. The zero-order valence-corrected chi connectivity index (χ0v) is 44.0. The number of benzene rings is 2. The smallest absolute Gasteiger partial charge is 0.870 e. The fraction of sp³-hybridized carbons (Fsp3) is 0.451. The van der Waals surface area contributed by atoms with Crippen molar-refractivity contribution in [1.29, 1.82) is 0 Å². The number of fused-ring (bicyclic) bond motifs is 2. The molecule has 2 amide bonds. The van der Waals surface area contributed by atoms with Gasteiger partial charge in [0, 0.05) is 23.6 Å². The number of nitrogens with one attached hydrogen (secondary N) is 2. The van der Waals surface area contributed by atoms with Crippen LogP contribution in [0.25, 0.3) is 34.0 Å². The van der Waals surface area contributed by atoms with Crippen LogP contribution in [0, 0.1) is 0 Å². The number of oxime groups is 1. The average Bonchev–Trinajstić information content (AvgIpc) is 3.25. The molecule has 0 radical (unpaired) electrons. The molecule has 0 spiro atoms. The molecule has 2 heterocycles. The molecule has 0 aliphatic heterocycles. The van der Waals surface area contributed by atoms with Crippen LogP contribution in [-0.4, -0.2) is 81.6 Å². The van der Waals surface area contributed by atoms with Gasteiger partial charge in [0.2, 0.25) is 0 Å². The Kier molecular flexibility index (Phi) is 21.5. The summed E-state index contributed by atoms with van der Waals surface area (Å²) in [6, 6.07) is 18.9. The van der Waals surface area contributed by atoms with Crippen molar-refractivity contribution in [2.45, 2.75) is 141 Å². The third-order valence-corrected chi connectivity index (χ3v) is 11.1. The van der Waals surface area contributed by atoms with E-state index in [0.717, 1.165) is 50.0 Å². The van der Waals surface area contributed by atoms with Gasteiger partial charge in [0.05, 0.1) is 40.2 Å². The molecule has 360 valence electrons. The van der Waals surface area contributed by atoms with Gasteiger partial charge in [0.25, 0.3) is 12.9 Å². The number of carbonyl (C=O) groups excluding carboxylic acids is 5. The average molecular weight is 962 g/mol. The Hall–Kier alpha value is -5.04. The van der Waals surface area contributed by atoms with Crippen molar-refractivity contribution in [3.8, 4) is 0 Å². The van der Waals surface area contributed by atoms with E-state index in [1.54, 1.807) is 0 Å². The van der Waals surface area contributed by atoms with Gasteiger partial charge in [0.1, 0.15) is 35.3 Å². The minimum atomic E-state index is -0.744. The summed E-state index contributed by atoms with van der Waals surface area (Å²) in [4.78, 5) is 72.3. The third kappa shape index (κ3) is 17.5. The molecular weight excluding hydrogens is 898 g/mol. The summed E-state index contributed by atoms with van der Waals surface area (Å²) in [6.07, 6.45) is 11.2. The van der Waals surface area contributed by atoms with E-state index in [0.29, 0.717) is 64.3 Å². The normalized spacial score (nSPS) is 17.8. The summed E-state index contributed by atoms with van der Waals surface area (Å²) in [5.41, 5.74) is 3.31. The summed E-state index contributed by atoms with van der Waals surface area (Å²) in [5.74, 6) is 0.195. The van der Waals surface area contributed by atoms with Crippen molar-refractivity contribution in [2.75, 3.05) is 7.11 Å². The molecule has 0 saturated heterocycles. The van der Waals surface area contributed by atoms with E-state index in [9.17, 15) is 24.0 Å². The molecule has 17 heteroatoms. The van der Waals surface area contributed by atoms with Gasteiger partial charge in [-0.1, -0.05) is 53.7 Å². The number of rotatable bonds is 13. The van der Waals surface area contributed by atoms with Crippen molar-refractivity contribution in [3.63, 3.8) is 0 Å². The molecule has 68 heavy (non-hydrogen) atoms. The van der Waals surface area contributed by atoms with E-state index in [-0.39, 0.29) is 74.7 Å². The Labute approximate surface area is 441 Å². The van der Waals surface area contributed by atoms with Crippen LogP contribution >= 0.6 is 0 Å². The van der Waals surface area contributed by atoms with Crippen molar-refractivity contribution in [3.05, 3.63) is 95.3 Å². The van der Waals surface area contributed by atoms with Crippen LogP contribution in [0.5, 0.6) is 0 Å². The predicted molar refractivity (Wildman–Crippen MR) is 255 cm³/mol. The van der Waals surface area contributed by atoms with Gasteiger partial charge in [0.15, 0.2) is 0 Å². The quantitative estimate of drug-likeness (QED) is 0.0595. The second kappa shape index (κ2) is 25.5. The van der Waals surface area contributed by atoms with Crippen LogP contribution in [0.15, 0.2) is 78.0 Å². The van der Waals surface area contributed by atoms with Crippen LogP contribution in [0.3, 0.4) is 0 Å². The Morgan fingerprint density at radius 2 is 1.04 bits per heavy atom. The first-order valence-corrected chi connectivity index (χ1v) is 22.2. The number of pyridine rings is 2. The number of Topliss-reactive ketones (excluding diaryl/α,β-unsaturated/α-hetero) is 1. The molecule has 4 aromatic rings. The van der Waals surface area contributed by atoms with Gasteiger partial charge in [-0.25, -0.2) is 9.59 Å². The van der Waals surface area contributed by atoms with Crippen LogP contribution in [0.2, 0.25) is 0 Å². The van der Waals surface area contributed by atoms with Gasteiger partial charge in [-0.05, 0) is 141 Å². The second-order valence-corrected chi connectivity index (χ2v) is 18.7. The number of alkyl carbamates (subject to hydrolysis) is 2. The van der Waals surface area contributed by atoms with E-state index in [4.69, 9.17) is 33.8 Å². The van der Waals surface area contributed by atoms with Crippen molar-refractivity contribution in [2.24, 2.45) is 5.16 Å². The van der Waals surface area contributed by atoms with Crippen LogP contribution in [0.1, 0.15) is 141 Å². The van der Waals surface area contributed by atoms with Crippen LogP contribution in [0.4, 0.5) is 9.59 Å². The number of hydrogen-bond donors (Lipinski definition) is 2. The standard InChI is InChI=1S/C26H33N3O5.C25H30N2O5.K.H2O/c1-18(27-24(31)34-25(2,3)4)22-9-8-20-7-6-19(16-23(20)28-22)10-13-26(33-17-30)14-11-21(12-15-26)29-32-5;1-17(26-23(30)32-24(2,3)4)21-8-7-19-6-5-18(15-22(19)27-21)9-12-25(31-16-28)13-10-20(29)11-14-25;;/h6-10,13,16-18H,11-12,14-15H2,1-5H3,(H,27,31);5-9,12,15-17H,10-11,13-14H2,1-4H3,(H,26,30);;1H2/q;;+1;/p-1/b13-10+,29-21?;12-9+;;/t18-,26?;17-;;/m11../s1. The first kappa shape index (κ1) is 57.3. The van der Waals surface area contributed by atoms with E-state index in [2.05, 4.69) is 15.8 Å². The molecule has 2 aliphatic rings.